The highest BCUT2D eigenvalue weighted by molar-refractivity contribution is 8.00. The molecular formula is C22H19N3OS. The van der Waals surface area contributed by atoms with Gasteiger partial charge in [0.05, 0.1) is 17.3 Å². The Labute approximate surface area is 162 Å². The molecule has 0 unspecified atom stereocenters. The van der Waals surface area contributed by atoms with Crippen LogP contribution in [0.25, 0.3) is 21.7 Å². The minimum Gasteiger partial charge on any atom is -0.349 e. The molecule has 0 saturated heterocycles. The van der Waals surface area contributed by atoms with Crippen molar-refractivity contribution in [1.82, 2.24) is 15.3 Å². The second-order valence-corrected chi connectivity index (χ2v) is 7.31. The van der Waals surface area contributed by atoms with Gasteiger partial charge < -0.3 is 5.32 Å². The molecule has 1 aromatic heterocycles. The molecule has 0 fully saturated rings. The minimum atomic E-state index is -0.0636. The van der Waals surface area contributed by atoms with Gasteiger partial charge in [-0.25, -0.2) is 9.97 Å². The van der Waals surface area contributed by atoms with E-state index in [-0.39, 0.29) is 11.9 Å². The number of para-hydroxylation sites is 1. The summed E-state index contributed by atoms with van der Waals surface area (Å²) in [5, 5.41) is 7.25. The van der Waals surface area contributed by atoms with E-state index in [1.165, 1.54) is 22.5 Å². The summed E-state index contributed by atoms with van der Waals surface area (Å²) >= 11 is 1.44. The maximum absolute atomic E-state index is 12.5. The SMILES string of the molecule is C[C@@H](NC(=O)CSc1ncnc2ccccc12)c1cccc2ccccc12. The van der Waals surface area contributed by atoms with Crippen molar-refractivity contribution in [3.63, 3.8) is 0 Å². The van der Waals surface area contributed by atoms with Gasteiger partial charge in [-0.3, -0.25) is 4.79 Å². The van der Waals surface area contributed by atoms with Crippen molar-refractivity contribution in [3.05, 3.63) is 78.6 Å². The lowest BCUT2D eigenvalue weighted by atomic mass is 10.00. The predicted molar refractivity (Wildman–Crippen MR) is 111 cm³/mol. The molecule has 4 aromatic rings. The van der Waals surface area contributed by atoms with Crippen LogP contribution < -0.4 is 5.32 Å². The summed E-state index contributed by atoms with van der Waals surface area (Å²) in [6, 6.07) is 22.2. The summed E-state index contributed by atoms with van der Waals surface area (Å²) < 4.78 is 0. The molecule has 0 aliphatic carbocycles. The van der Waals surface area contributed by atoms with E-state index in [9.17, 15) is 4.79 Å². The summed E-state index contributed by atoms with van der Waals surface area (Å²) in [4.78, 5) is 21.1. The number of rotatable bonds is 5. The Bertz CT molecular complexity index is 1100. The fourth-order valence-corrected chi connectivity index (χ4v) is 4.02. The molecule has 0 bridgehead atoms. The van der Waals surface area contributed by atoms with Crippen molar-refractivity contribution in [2.24, 2.45) is 0 Å². The number of aromatic nitrogens is 2. The molecule has 4 nitrogen and oxygen atoms in total. The van der Waals surface area contributed by atoms with E-state index < -0.39 is 0 Å². The number of nitrogens with one attached hydrogen (secondary N) is 1. The molecule has 1 heterocycles. The number of benzene rings is 3. The quantitative estimate of drug-likeness (QED) is 0.405. The Hall–Kier alpha value is -2.92. The number of nitrogens with zero attached hydrogens (tertiary/aromatic N) is 2. The number of fused-ring (bicyclic) bond motifs is 2. The highest BCUT2D eigenvalue weighted by atomic mass is 32.2. The Kier molecular flexibility index (Phi) is 5.03. The summed E-state index contributed by atoms with van der Waals surface area (Å²) in [6.07, 6.45) is 1.54. The average Bonchev–Trinajstić information content (AvgIpc) is 2.71. The first-order chi connectivity index (χ1) is 13.2. The van der Waals surface area contributed by atoms with Gasteiger partial charge in [-0.2, -0.15) is 0 Å². The summed E-state index contributed by atoms with van der Waals surface area (Å²) in [5.74, 6) is 0.305. The normalized spacial score (nSPS) is 12.2. The minimum absolute atomic E-state index is 0.0110. The Morgan fingerprint density at radius 1 is 0.963 bits per heavy atom. The zero-order chi connectivity index (χ0) is 18.6. The maximum Gasteiger partial charge on any atom is 0.230 e. The Morgan fingerprint density at radius 2 is 1.70 bits per heavy atom. The van der Waals surface area contributed by atoms with E-state index >= 15 is 0 Å². The molecule has 27 heavy (non-hydrogen) atoms. The molecule has 1 atom stereocenters. The predicted octanol–water partition coefficient (Wildman–Crippen LogP) is 4.75. The zero-order valence-electron chi connectivity index (χ0n) is 14.9. The molecule has 4 rings (SSSR count). The fourth-order valence-electron chi connectivity index (χ4n) is 3.22. The largest absolute Gasteiger partial charge is 0.349 e. The first-order valence-electron chi connectivity index (χ1n) is 8.82. The number of amides is 1. The van der Waals surface area contributed by atoms with Gasteiger partial charge in [0.1, 0.15) is 11.4 Å². The standard InChI is InChI=1S/C22H19N3OS/c1-15(17-11-6-8-16-7-2-3-9-18(16)17)25-21(26)13-27-22-19-10-4-5-12-20(19)23-14-24-22/h2-12,14-15H,13H2,1H3,(H,25,26)/t15-/m1/s1. The van der Waals surface area contributed by atoms with Gasteiger partial charge >= 0.3 is 0 Å². The molecule has 1 amide bonds. The Morgan fingerprint density at radius 3 is 2.59 bits per heavy atom. The van der Waals surface area contributed by atoms with Gasteiger partial charge in [0.2, 0.25) is 5.91 Å². The lowest BCUT2D eigenvalue weighted by Crippen LogP contribution is -2.28. The van der Waals surface area contributed by atoms with Crippen LogP contribution in [0.3, 0.4) is 0 Å². The van der Waals surface area contributed by atoms with Crippen LogP contribution in [0.4, 0.5) is 0 Å². The van der Waals surface area contributed by atoms with Crippen LogP contribution in [0.1, 0.15) is 18.5 Å². The molecule has 1 N–H and O–H groups in total. The van der Waals surface area contributed by atoms with E-state index in [1.807, 2.05) is 49.4 Å². The molecular weight excluding hydrogens is 354 g/mol. The van der Waals surface area contributed by atoms with Gasteiger partial charge in [-0.1, -0.05) is 72.4 Å². The van der Waals surface area contributed by atoms with Gasteiger partial charge in [0.25, 0.3) is 0 Å². The third-order valence-corrected chi connectivity index (χ3v) is 5.52. The number of hydrogen-bond acceptors (Lipinski definition) is 4. The van der Waals surface area contributed by atoms with E-state index in [4.69, 9.17) is 0 Å². The van der Waals surface area contributed by atoms with Crippen molar-refractivity contribution < 1.29 is 4.79 Å². The maximum atomic E-state index is 12.5. The summed E-state index contributed by atoms with van der Waals surface area (Å²) in [6.45, 7) is 2.02. The van der Waals surface area contributed by atoms with Crippen molar-refractivity contribution in [3.8, 4) is 0 Å². The highest BCUT2D eigenvalue weighted by Gasteiger charge is 2.13. The first kappa shape index (κ1) is 17.5. The number of hydrogen-bond donors (Lipinski definition) is 1. The molecule has 3 aromatic carbocycles. The van der Waals surface area contributed by atoms with Crippen LogP contribution in [0, 0.1) is 0 Å². The fraction of sp³-hybridized carbons (Fsp3) is 0.136. The monoisotopic (exact) mass is 373 g/mol. The van der Waals surface area contributed by atoms with Gasteiger partial charge in [0, 0.05) is 5.39 Å². The first-order valence-corrected chi connectivity index (χ1v) is 9.80. The van der Waals surface area contributed by atoms with Crippen LogP contribution in [0.5, 0.6) is 0 Å². The highest BCUT2D eigenvalue weighted by Crippen LogP contribution is 2.26. The van der Waals surface area contributed by atoms with Crippen molar-refractivity contribution in [1.29, 1.82) is 0 Å². The van der Waals surface area contributed by atoms with Crippen molar-refractivity contribution in [2.75, 3.05) is 5.75 Å². The lowest BCUT2D eigenvalue weighted by molar-refractivity contribution is -0.119. The van der Waals surface area contributed by atoms with Gasteiger partial charge in [-0.05, 0) is 29.3 Å². The van der Waals surface area contributed by atoms with Crippen LogP contribution in [0.2, 0.25) is 0 Å². The van der Waals surface area contributed by atoms with Crippen LogP contribution >= 0.6 is 11.8 Å². The smallest absolute Gasteiger partial charge is 0.230 e. The molecule has 134 valence electrons. The van der Waals surface area contributed by atoms with Crippen LogP contribution in [-0.2, 0) is 4.79 Å². The molecule has 5 heteroatoms. The third kappa shape index (κ3) is 3.78. The second-order valence-electron chi connectivity index (χ2n) is 6.34. The molecule has 0 aliphatic rings. The third-order valence-electron chi connectivity index (χ3n) is 4.51. The number of carbonyl (C=O) groups is 1. The van der Waals surface area contributed by atoms with Crippen molar-refractivity contribution in [2.45, 2.75) is 18.0 Å². The molecule has 0 saturated carbocycles. The lowest BCUT2D eigenvalue weighted by Gasteiger charge is -2.16. The molecule has 0 spiro atoms. The zero-order valence-corrected chi connectivity index (χ0v) is 15.7. The van der Waals surface area contributed by atoms with E-state index in [0.717, 1.165) is 21.5 Å². The average molecular weight is 373 g/mol. The summed E-state index contributed by atoms with van der Waals surface area (Å²) in [5.41, 5.74) is 2.01. The number of thioether (sulfide) groups is 1. The van der Waals surface area contributed by atoms with Crippen LogP contribution in [0.15, 0.2) is 78.1 Å². The van der Waals surface area contributed by atoms with Gasteiger partial charge in [-0.15, -0.1) is 0 Å². The summed E-state index contributed by atoms with van der Waals surface area (Å²) in [7, 11) is 0. The number of carbonyl (C=O) groups excluding carboxylic acids is 1. The van der Waals surface area contributed by atoms with Crippen LogP contribution in [-0.4, -0.2) is 21.6 Å². The van der Waals surface area contributed by atoms with E-state index in [2.05, 4.69) is 39.6 Å². The second kappa shape index (κ2) is 7.76. The van der Waals surface area contributed by atoms with Gasteiger partial charge in [0.15, 0.2) is 0 Å². The van der Waals surface area contributed by atoms with E-state index in [0.29, 0.717) is 5.75 Å². The molecule has 0 radical (unpaired) electrons. The molecule has 0 aliphatic heterocycles. The topological polar surface area (TPSA) is 54.9 Å². The Balaban J connectivity index is 1.46. The van der Waals surface area contributed by atoms with Crippen molar-refractivity contribution >= 4 is 39.3 Å². The van der Waals surface area contributed by atoms with E-state index in [1.54, 1.807) is 6.33 Å².